The maximum Gasteiger partial charge on any atom is 0.00728 e. The average Bonchev–Trinajstić information content (AvgIpc) is 2.10. The molecule has 1 rings (SSSR count). The largest absolute Gasteiger partial charge is 0.303 e. The molecule has 0 heterocycles. The Kier molecular flexibility index (Phi) is 3.54. The molecule has 1 aliphatic rings. The van der Waals surface area contributed by atoms with E-state index in [0.717, 1.165) is 6.54 Å². The van der Waals surface area contributed by atoms with Crippen LogP contribution < -0.4 is 0 Å². The van der Waals surface area contributed by atoms with E-state index in [1.54, 1.807) is 0 Å². The zero-order valence-corrected chi connectivity index (χ0v) is 10.2. The first kappa shape index (κ1) is 11.5. The van der Waals surface area contributed by atoms with Crippen LogP contribution in [0.2, 0.25) is 0 Å². The lowest BCUT2D eigenvalue weighted by Crippen LogP contribution is -2.36. The molecule has 0 amide bonds. The molecule has 1 nitrogen and oxygen atoms in total. The lowest BCUT2D eigenvalue weighted by atomic mass is 9.81. The third-order valence-electron chi connectivity index (χ3n) is 3.13. The van der Waals surface area contributed by atoms with Gasteiger partial charge in [-0.3, -0.25) is 0 Å². The molecule has 0 aromatic carbocycles. The maximum atomic E-state index is 2.42. The van der Waals surface area contributed by atoms with E-state index in [1.165, 1.54) is 12.0 Å². The summed E-state index contributed by atoms with van der Waals surface area (Å²) >= 11 is 0. The van der Waals surface area contributed by atoms with E-state index in [4.69, 9.17) is 0 Å². The Labute approximate surface area is 88.5 Å². The summed E-state index contributed by atoms with van der Waals surface area (Å²) in [5, 5.41) is 0. The van der Waals surface area contributed by atoms with Gasteiger partial charge in [0.1, 0.15) is 0 Å². The number of hydrogen-bond donors (Lipinski definition) is 0. The van der Waals surface area contributed by atoms with Crippen molar-refractivity contribution >= 4 is 0 Å². The SMILES string of the molecule is CC1=CCC(C)(CN(C)C(C)C)C=C1. The van der Waals surface area contributed by atoms with Crippen LogP contribution in [0.1, 0.15) is 34.1 Å². The van der Waals surface area contributed by atoms with Crippen LogP contribution in [0.15, 0.2) is 23.8 Å². The van der Waals surface area contributed by atoms with Crippen LogP contribution in [0.5, 0.6) is 0 Å². The molecule has 0 bridgehead atoms. The summed E-state index contributed by atoms with van der Waals surface area (Å²) in [5.41, 5.74) is 1.73. The first-order valence-electron chi connectivity index (χ1n) is 5.49. The first-order chi connectivity index (χ1) is 6.43. The van der Waals surface area contributed by atoms with Crippen molar-refractivity contribution in [1.82, 2.24) is 4.90 Å². The second kappa shape index (κ2) is 4.31. The highest BCUT2D eigenvalue weighted by molar-refractivity contribution is 5.24. The van der Waals surface area contributed by atoms with Gasteiger partial charge in [0.25, 0.3) is 0 Å². The molecule has 80 valence electrons. The van der Waals surface area contributed by atoms with Gasteiger partial charge < -0.3 is 4.90 Å². The number of allylic oxidation sites excluding steroid dienone is 3. The number of rotatable bonds is 3. The number of nitrogens with zero attached hydrogens (tertiary/aromatic N) is 1. The summed E-state index contributed by atoms with van der Waals surface area (Å²) in [7, 11) is 2.20. The van der Waals surface area contributed by atoms with Gasteiger partial charge in [-0.15, -0.1) is 0 Å². The van der Waals surface area contributed by atoms with Gasteiger partial charge in [-0.1, -0.05) is 30.7 Å². The van der Waals surface area contributed by atoms with Crippen molar-refractivity contribution in [3.8, 4) is 0 Å². The van der Waals surface area contributed by atoms with Gasteiger partial charge in [0, 0.05) is 18.0 Å². The Morgan fingerprint density at radius 3 is 2.57 bits per heavy atom. The third kappa shape index (κ3) is 2.98. The molecule has 0 saturated carbocycles. The highest BCUT2D eigenvalue weighted by Crippen LogP contribution is 2.30. The molecule has 0 fully saturated rings. The molecule has 1 atom stereocenters. The van der Waals surface area contributed by atoms with Crippen LogP contribution >= 0.6 is 0 Å². The van der Waals surface area contributed by atoms with Gasteiger partial charge in [0.2, 0.25) is 0 Å². The Balaban J connectivity index is 2.57. The van der Waals surface area contributed by atoms with Gasteiger partial charge >= 0.3 is 0 Å². The summed E-state index contributed by atoms with van der Waals surface area (Å²) in [6.07, 6.45) is 8.12. The van der Waals surface area contributed by atoms with Gasteiger partial charge in [-0.05, 0) is 34.2 Å². The molecule has 0 saturated heterocycles. The zero-order valence-electron chi connectivity index (χ0n) is 10.2. The van der Waals surface area contributed by atoms with E-state index < -0.39 is 0 Å². The summed E-state index contributed by atoms with van der Waals surface area (Å²) in [5.74, 6) is 0. The fraction of sp³-hybridized carbons (Fsp3) is 0.692. The van der Waals surface area contributed by atoms with E-state index in [-0.39, 0.29) is 0 Å². The van der Waals surface area contributed by atoms with Crippen molar-refractivity contribution in [2.75, 3.05) is 13.6 Å². The van der Waals surface area contributed by atoms with Gasteiger partial charge in [-0.25, -0.2) is 0 Å². The normalized spacial score (nSPS) is 27.2. The molecular weight excluding hydrogens is 170 g/mol. The molecule has 0 spiro atoms. The number of hydrogen-bond acceptors (Lipinski definition) is 1. The molecule has 0 radical (unpaired) electrons. The summed E-state index contributed by atoms with van der Waals surface area (Å²) in [6, 6.07) is 0.632. The molecule has 1 unspecified atom stereocenters. The van der Waals surface area contributed by atoms with E-state index in [9.17, 15) is 0 Å². The fourth-order valence-corrected chi connectivity index (χ4v) is 1.73. The van der Waals surface area contributed by atoms with Crippen LogP contribution in [0.4, 0.5) is 0 Å². The van der Waals surface area contributed by atoms with Crippen LogP contribution in [0, 0.1) is 5.41 Å². The monoisotopic (exact) mass is 193 g/mol. The van der Waals surface area contributed by atoms with E-state index >= 15 is 0 Å². The first-order valence-corrected chi connectivity index (χ1v) is 5.49. The van der Waals surface area contributed by atoms with Gasteiger partial charge in [0.15, 0.2) is 0 Å². The quantitative estimate of drug-likeness (QED) is 0.665. The van der Waals surface area contributed by atoms with Crippen molar-refractivity contribution in [3.63, 3.8) is 0 Å². The highest BCUT2D eigenvalue weighted by Gasteiger charge is 2.24. The van der Waals surface area contributed by atoms with E-state index in [1.807, 2.05) is 0 Å². The standard InChI is InChI=1S/C13H23N/c1-11(2)14(5)10-13(4)8-6-12(3)7-9-13/h6-8,11H,9-10H2,1-5H3. The summed E-state index contributed by atoms with van der Waals surface area (Å²) in [6.45, 7) is 10.1. The topological polar surface area (TPSA) is 3.24 Å². The molecule has 14 heavy (non-hydrogen) atoms. The molecule has 1 heteroatoms. The van der Waals surface area contributed by atoms with Crippen LogP contribution in [0.3, 0.4) is 0 Å². The molecule has 0 aromatic rings. The summed E-state index contributed by atoms with van der Waals surface area (Å²) < 4.78 is 0. The third-order valence-corrected chi connectivity index (χ3v) is 3.13. The predicted octanol–water partition coefficient (Wildman–Crippen LogP) is 3.24. The molecule has 0 aliphatic heterocycles. The smallest absolute Gasteiger partial charge is 0.00728 e. The van der Waals surface area contributed by atoms with Crippen molar-refractivity contribution in [3.05, 3.63) is 23.8 Å². The van der Waals surface area contributed by atoms with Crippen molar-refractivity contribution < 1.29 is 0 Å². The Morgan fingerprint density at radius 2 is 2.14 bits per heavy atom. The van der Waals surface area contributed by atoms with Crippen molar-refractivity contribution in [1.29, 1.82) is 0 Å². The Morgan fingerprint density at radius 1 is 1.50 bits per heavy atom. The second-order valence-corrected chi connectivity index (χ2v) is 5.15. The van der Waals surface area contributed by atoms with Gasteiger partial charge in [-0.2, -0.15) is 0 Å². The van der Waals surface area contributed by atoms with E-state index in [2.05, 4.69) is 57.9 Å². The Bertz CT molecular complexity index is 250. The second-order valence-electron chi connectivity index (χ2n) is 5.15. The minimum Gasteiger partial charge on any atom is -0.303 e. The lowest BCUT2D eigenvalue weighted by molar-refractivity contribution is 0.197. The molecule has 0 N–H and O–H groups in total. The van der Waals surface area contributed by atoms with Crippen molar-refractivity contribution in [2.45, 2.75) is 40.2 Å². The lowest BCUT2D eigenvalue weighted by Gasteiger charge is -2.34. The Hall–Kier alpha value is -0.560. The van der Waals surface area contributed by atoms with Crippen molar-refractivity contribution in [2.24, 2.45) is 5.41 Å². The highest BCUT2D eigenvalue weighted by atomic mass is 15.1. The average molecular weight is 193 g/mol. The molecule has 1 aliphatic carbocycles. The fourth-order valence-electron chi connectivity index (χ4n) is 1.73. The van der Waals surface area contributed by atoms with E-state index in [0.29, 0.717) is 11.5 Å². The summed E-state index contributed by atoms with van der Waals surface area (Å²) in [4.78, 5) is 2.42. The minimum atomic E-state index is 0.332. The maximum absolute atomic E-state index is 2.42. The zero-order chi connectivity index (χ0) is 10.8. The minimum absolute atomic E-state index is 0.332. The predicted molar refractivity (Wildman–Crippen MR) is 63.4 cm³/mol. The van der Waals surface area contributed by atoms with Crippen LogP contribution in [-0.4, -0.2) is 24.5 Å². The van der Waals surface area contributed by atoms with Crippen LogP contribution in [-0.2, 0) is 0 Å². The molecular formula is C13H23N. The van der Waals surface area contributed by atoms with Gasteiger partial charge in [0.05, 0.1) is 0 Å². The van der Waals surface area contributed by atoms with Crippen LogP contribution in [0.25, 0.3) is 0 Å². The molecule has 0 aromatic heterocycles.